The number of unbranched alkanes of at least 4 members (excludes halogenated alkanes) is 31. The molecule has 468 valence electrons. The Morgan fingerprint density at radius 3 is 0.756 bits per heavy atom. The Morgan fingerprint density at radius 1 is 0.256 bits per heavy atom. The smallest absolute Gasteiger partial charge is 0.306 e. The number of hydrogen-bond donors (Lipinski definition) is 0. The molecule has 0 rings (SSSR count). The highest BCUT2D eigenvalue weighted by Gasteiger charge is 2.19. The van der Waals surface area contributed by atoms with Crippen LogP contribution in [0.5, 0.6) is 0 Å². The Balaban J connectivity index is 4.38. The molecule has 0 aromatic heterocycles. The van der Waals surface area contributed by atoms with Crippen LogP contribution in [0.25, 0.3) is 0 Å². The Bertz CT molecular complexity index is 1690. The molecule has 0 aromatic rings. The highest BCUT2D eigenvalue weighted by Crippen LogP contribution is 2.16. The summed E-state index contributed by atoms with van der Waals surface area (Å²) < 4.78 is 17.0. The number of esters is 3. The van der Waals surface area contributed by atoms with Crippen molar-refractivity contribution < 1.29 is 28.6 Å². The molecule has 1 unspecified atom stereocenters. The molecule has 6 nitrogen and oxygen atoms in total. The lowest BCUT2D eigenvalue weighted by atomic mass is 10.0. The molecular formula is C76H128O6. The van der Waals surface area contributed by atoms with E-state index in [-0.39, 0.29) is 31.1 Å². The predicted molar refractivity (Wildman–Crippen MR) is 357 cm³/mol. The van der Waals surface area contributed by atoms with Gasteiger partial charge in [-0.05, 0) is 128 Å². The third-order valence-electron chi connectivity index (χ3n) is 14.7. The zero-order valence-electron chi connectivity index (χ0n) is 53.7. The highest BCUT2D eigenvalue weighted by atomic mass is 16.6. The molecule has 0 aromatic carbocycles. The summed E-state index contributed by atoms with van der Waals surface area (Å²) in [5, 5.41) is 0. The van der Waals surface area contributed by atoms with Crippen LogP contribution in [0.3, 0.4) is 0 Å². The van der Waals surface area contributed by atoms with Gasteiger partial charge in [-0.2, -0.15) is 0 Å². The van der Waals surface area contributed by atoms with Gasteiger partial charge in [-0.15, -0.1) is 0 Å². The van der Waals surface area contributed by atoms with Crippen molar-refractivity contribution in [3.63, 3.8) is 0 Å². The molecule has 0 aliphatic rings. The SMILES string of the molecule is CC/C=C\C/C=C\C/C=C\C/C=C\C/C=C\CCCCCCCCCCCCCC(=O)OCC(COC(=O)CCCCCCCCC/C=C\CCCCCCCCC)OC(=O)CCCCCCCC/C=C\C/C=C\C/C=C\C/C=C\CC. The number of ether oxygens (including phenoxy) is 3. The van der Waals surface area contributed by atoms with E-state index in [0.29, 0.717) is 19.3 Å². The normalized spacial score (nSPS) is 12.9. The van der Waals surface area contributed by atoms with Crippen molar-refractivity contribution in [2.24, 2.45) is 0 Å². The fourth-order valence-electron chi connectivity index (χ4n) is 9.57. The van der Waals surface area contributed by atoms with Gasteiger partial charge in [0.25, 0.3) is 0 Å². The Labute approximate surface area is 507 Å². The minimum atomic E-state index is -0.794. The molecule has 0 aliphatic heterocycles. The molecule has 0 N–H and O–H groups in total. The molecule has 0 heterocycles. The molecule has 0 radical (unpaired) electrons. The van der Waals surface area contributed by atoms with Gasteiger partial charge in [0.15, 0.2) is 6.10 Å². The topological polar surface area (TPSA) is 78.9 Å². The van der Waals surface area contributed by atoms with Crippen molar-refractivity contribution >= 4 is 17.9 Å². The van der Waals surface area contributed by atoms with E-state index >= 15 is 0 Å². The fourth-order valence-corrected chi connectivity index (χ4v) is 9.57. The van der Waals surface area contributed by atoms with E-state index < -0.39 is 6.10 Å². The summed E-state index contributed by atoms with van der Waals surface area (Å²) in [5.74, 6) is -0.898. The average molecular weight is 1140 g/mol. The van der Waals surface area contributed by atoms with Crippen LogP contribution in [-0.4, -0.2) is 37.2 Å². The van der Waals surface area contributed by atoms with Crippen LogP contribution < -0.4 is 0 Å². The van der Waals surface area contributed by atoms with E-state index in [9.17, 15) is 14.4 Å². The van der Waals surface area contributed by atoms with Gasteiger partial charge in [-0.3, -0.25) is 14.4 Å². The quantitative estimate of drug-likeness (QED) is 0.0261. The minimum Gasteiger partial charge on any atom is -0.462 e. The summed E-state index contributed by atoms with van der Waals surface area (Å²) in [4.78, 5) is 38.5. The van der Waals surface area contributed by atoms with E-state index in [1.807, 2.05) is 0 Å². The third kappa shape index (κ3) is 66.6. The summed E-state index contributed by atoms with van der Waals surface area (Å²) in [5.41, 5.74) is 0. The second kappa shape index (κ2) is 69.3. The number of carbonyl (C=O) groups is 3. The molecule has 0 saturated heterocycles. The summed E-state index contributed by atoms with van der Waals surface area (Å²) in [7, 11) is 0. The van der Waals surface area contributed by atoms with E-state index in [2.05, 4.69) is 142 Å². The van der Waals surface area contributed by atoms with Gasteiger partial charge >= 0.3 is 17.9 Å². The number of allylic oxidation sites excluding steroid dienone is 20. The van der Waals surface area contributed by atoms with Crippen LogP contribution in [0.1, 0.15) is 323 Å². The van der Waals surface area contributed by atoms with Gasteiger partial charge in [0, 0.05) is 19.3 Å². The van der Waals surface area contributed by atoms with Crippen molar-refractivity contribution in [1.29, 1.82) is 0 Å². The number of carbonyl (C=O) groups excluding carboxylic acids is 3. The summed E-state index contributed by atoms with van der Waals surface area (Å²) in [6, 6.07) is 0. The molecular weight excluding hydrogens is 1010 g/mol. The van der Waals surface area contributed by atoms with Crippen LogP contribution in [0, 0.1) is 0 Å². The van der Waals surface area contributed by atoms with Crippen LogP contribution in [0.4, 0.5) is 0 Å². The van der Waals surface area contributed by atoms with Crippen LogP contribution in [0.15, 0.2) is 122 Å². The van der Waals surface area contributed by atoms with Gasteiger partial charge < -0.3 is 14.2 Å². The zero-order valence-corrected chi connectivity index (χ0v) is 53.7. The van der Waals surface area contributed by atoms with Gasteiger partial charge in [-0.25, -0.2) is 0 Å². The van der Waals surface area contributed by atoms with Crippen molar-refractivity contribution in [3.8, 4) is 0 Å². The first-order chi connectivity index (χ1) is 40.5. The lowest BCUT2D eigenvalue weighted by Gasteiger charge is -2.18. The standard InChI is InChI=1S/C76H128O6/c1-4-7-10-13-16-19-22-25-28-31-34-35-36-37-38-39-40-41-43-45-48-51-54-57-60-63-66-69-75(78)81-72-73(71-80-74(77)68-65-62-59-56-53-50-47-44-33-30-27-24-21-18-15-12-9-6-3)82-76(79)70-67-64-61-58-55-52-49-46-42-32-29-26-23-20-17-14-11-8-5-2/h7-8,10-11,16-17,19-20,25-26,28-30,33-35,37-38,42,46,73H,4-6,9,12-15,18,21-24,27,31-32,36,39-41,43-45,47-72H2,1-3H3/b10-7-,11-8-,19-16-,20-17-,28-25-,29-26-,33-30-,35-34-,38-37-,46-42-. The van der Waals surface area contributed by atoms with Crippen LogP contribution in [-0.2, 0) is 28.6 Å². The maximum atomic E-state index is 13.0. The average Bonchev–Trinajstić information content (AvgIpc) is 3.47. The van der Waals surface area contributed by atoms with Crippen molar-refractivity contribution in [1.82, 2.24) is 0 Å². The first-order valence-corrected chi connectivity index (χ1v) is 34.5. The lowest BCUT2D eigenvalue weighted by Crippen LogP contribution is -2.30. The van der Waals surface area contributed by atoms with Gasteiger partial charge in [-0.1, -0.05) is 296 Å². The highest BCUT2D eigenvalue weighted by molar-refractivity contribution is 5.71. The van der Waals surface area contributed by atoms with E-state index in [4.69, 9.17) is 14.2 Å². The van der Waals surface area contributed by atoms with E-state index in [1.165, 1.54) is 154 Å². The van der Waals surface area contributed by atoms with Crippen molar-refractivity contribution in [2.75, 3.05) is 13.2 Å². The van der Waals surface area contributed by atoms with Gasteiger partial charge in [0.1, 0.15) is 13.2 Å². The number of rotatable bonds is 62. The van der Waals surface area contributed by atoms with Crippen LogP contribution in [0.2, 0.25) is 0 Å². The second-order valence-electron chi connectivity index (χ2n) is 22.7. The molecule has 82 heavy (non-hydrogen) atoms. The predicted octanol–water partition coefficient (Wildman–Crippen LogP) is 23.9. The molecule has 1 atom stereocenters. The molecule has 0 aliphatic carbocycles. The zero-order chi connectivity index (χ0) is 59.2. The molecule has 0 amide bonds. The number of hydrogen-bond acceptors (Lipinski definition) is 6. The Kier molecular flexibility index (Phi) is 65.8. The lowest BCUT2D eigenvalue weighted by molar-refractivity contribution is -0.167. The summed E-state index contributed by atoms with van der Waals surface area (Å²) in [6.45, 7) is 6.42. The van der Waals surface area contributed by atoms with Gasteiger partial charge in [0.05, 0.1) is 0 Å². The van der Waals surface area contributed by atoms with Crippen LogP contribution >= 0.6 is 0 Å². The van der Waals surface area contributed by atoms with Crippen molar-refractivity contribution in [3.05, 3.63) is 122 Å². The minimum absolute atomic E-state index is 0.0876. The second-order valence-corrected chi connectivity index (χ2v) is 22.7. The molecule has 0 spiro atoms. The van der Waals surface area contributed by atoms with Gasteiger partial charge in [0.2, 0.25) is 0 Å². The Hall–Kier alpha value is -4.19. The summed E-state index contributed by atoms with van der Waals surface area (Å²) >= 11 is 0. The Morgan fingerprint density at radius 2 is 0.476 bits per heavy atom. The molecule has 0 saturated carbocycles. The molecule has 0 bridgehead atoms. The fraction of sp³-hybridized carbons (Fsp3) is 0.697. The molecule has 0 fully saturated rings. The largest absolute Gasteiger partial charge is 0.462 e. The maximum Gasteiger partial charge on any atom is 0.306 e. The van der Waals surface area contributed by atoms with E-state index in [1.54, 1.807) is 0 Å². The first-order valence-electron chi connectivity index (χ1n) is 34.5. The van der Waals surface area contributed by atoms with E-state index in [0.717, 1.165) is 128 Å². The monoisotopic (exact) mass is 1140 g/mol. The summed E-state index contributed by atoms with van der Waals surface area (Å²) in [6.07, 6.45) is 96.4. The maximum absolute atomic E-state index is 13.0. The molecule has 6 heteroatoms. The first kappa shape index (κ1) is 77.8. The third-order valence-corrected chi connectivity index (χ3v) is 14.7. The van der Waals surface area contributed by atoms with Crippen molar-refractivity contribution in [2.45, 2.75) is 329 Å².